The molecule has 4 nitrogen and oxygen atoms in total. The molecular formula is C34H52IO4S-. The summed E-state index contributed by atoms with van der Waals surface area (Å²) in [6.07, 6.45) is 16.8. The maximum atomic E-state index is 12.6. The van der Waals surface area contributed by atoms with Crippen LogP contribution >= 0.6 is 0 Å². The van der Waals surface area contributed by atoms with E-state index in [0.29, 0.717) is 5.41 Å². The van der Waals surface area contributed by atoms with E-state index in [1.807, 2.05) is 6.92 Å². The standard InChI is InChI=1S/C34H52IO4S/c1-23(2)8-7-9-25(4)30-16-17-31-29-15-12-26-22-27(18-20-33(26,5)32(29)19-21-34(30,31)6)38-35-39-40(36,37)28-13-10-24(3)11-14-28/h10-14,23,25,27,29-32H,7-9,15-22H2,1-6H3/q-1/t25-,27?,29?,30-,31+,32+,33+,34-/m1/s1. The summed E-state index contributed by atoms with van der Waals surface area (Å²) in [6, 6.07) is 6.82. The topological polar surface area (TPSA) is 52.6 Å². The van der Waals surface area contributed by atoms with Gasteiger partial charge in [0, 0.05) is 0 Å². The molecular weight excluding hydrogens is 631 g/mol. The Balaban J connectivity index is 1.19. The number of halogens is 1. The number of hydrogen-bond acceptors (Lipinski definition) is 4. The molecule has 0 aliphatic heterocycles. The third kappa shape index (κ3) is 6.12. The van der Waals surface area contributed by atoms with Crippen LogP contribution in [0.5, 0.6) is 0 Å². The van der Waals surface area contributed by atoms with E-state index in [0.717, 1.165) is 60.3 Å². The van der Waals surface area contributed by atoms with Gasteiger partial charge < -0.3 is 0 Å². The zero-order valence-corrected chi connectivity index (χ0v) is 28.6. The molecule has 8 atom stereocenters. The average molecular weight is 684 g/mol. The third-order valence-electron chi connectivity index (χ3n) is 11.8. The first-order valence-electron chi connectivity index (χ1n) is 15.9. The van der Waals surface area contributed by atoms with Gasteiger partial charge in [0.25, 0.3) is 0 Å². The van der Waals surface area contributed by atoms with Gasteiger partial charge in [0.05, 0.1) is 0 Å². The molecule has 1 aromatic carbocycles. The molecule has 0 aromatic heterocycles. The van der Waals surface area contributed by atoms with Gasteiger partial charge in [-0.3, -0.25) is 0 Å². The van der Waals surface area contributed by atoms with E-state index in [9.17, 15) is 8.42 Å². The number of benzene rings is 1. The first kappa shape index (κ1) is 31.0. The second-order valence-electron chi connectivity index (χ2n) is 14.6. The molecule has 6 heteroatoms. The molecule has 3 fully saturated rings. The van der Waals surface area contributed by atoms with Gasteiger partial charge >= 0.3 is 225 Å². The quantitative estimate of drug-likeness (QED) is 0.223. The molecule has 4 aliphatic carbocycles. The minimum atomic E-state index is -3.75. The zero-order chi connectivity index (χ0) is 28.7. The van der Waals surface area contributed by atoms with Crippen molar-refractivity contribution in [1.29, 1.82) is 0 Å². The van der Waals surface area contributed by atoms with E-state index in [4.69, 9.17) is 5.58 Å². The van der Waals surface area contributed by atoms with Crippen molar-refractivity contribution in [3.63, 3.8) is 0 Å². The van der Waals surface area contributed by atoms with Gasteiger partial charge in [-0.15, -0.1) is 0 Å². The van der Waals surface area contributed by atoms with Crippen molar-refractivity contribution in [2.45, 2.75) is 123 Å². The molecule has 2 unspecified atom stereocenters. The summed E-state index contributed by atoms with van der Waals surface area (Å²) in [7, 11) is -3.75. The Bertz CT molecular complexity index is 1160. The summed E-state index contributed by atoms with van der Waals surface area (Å²) in [5, 5.41) is 0. The monoisotopic (exact) mass is 683 g/mol. The van der Waals surface area contributed by atoms with Gasteiger partial charge in [0.15, 0.2) is 0 Å². The predicted octanol–water partition coefficient (Wildman–Crippen LogP) is 6.05. The van der Waals surface area contributed by atoms with E-state index in [-0.39, 0.29) is 16.4 Å². The number of aryl methyl sites for hydroxylation is 1. The summed E-state index contributed by atoms with van der Waals surface area (Å²) in [5.74, 6) is 5.05. The molecule has 0 amide bonds. The molecule has 0 spiro atoms. The zero-order valence-electron chi connectivity index (χ0n) is 25.6. The fraction of sp³-hybridized carbons (Fsp3) is 0.765. The molecule has 0 radical (unpaired) electrons. The molecule has 1 aromatic rings. The van der Waals surface area contributed by atoms with Gasteiger partial charge in [-0.25, -0.2) is 0 Å². The van der Waals surface area contributed by atoms with Crippen molar-refractivity contribution in [2.24, 2.45) is 46.3 Å². The number of allylic oxidation sites excluding steroid dienone is 1. The summed E-state index contributed by atoms with van der Waals surface area (Å²) >= 11 is -1.33. The van der Waals surface area contributed by atoms with Gasteiger partial charge in [-0.1, -0.05) is 26.7 Å². The fourth-order valence-corrected chi connectivity index (χ4v) is 12.4. The molecule has 3 saturated carbocycles. The van der Waals surface area contributed by atoms with Crippen LogP contribution in [0.25, 0.3) is 0 Å². The minimum absolute atomic E-state index is 0.0771. The molecule has 40 heavy (non-hydrogen) atoms. The molecule has 0 bridgehead atoms. The van der Waals surface area contributed by atoms with Crippen LogP contribution in [0.4, 0.5) is 0 Å². The van der Waals surface area contributed by atoms with Gasteiger partial charge in [-0.2, -0.15) is 0 Å². The molecule has 226 valence electrons. The van der Waals surface area contributed by atoms with Crippen molar-refractivity contribution in [3.8, 4) is 0 Å². The maximum absolute atomic E-state index is 12.6. The first-order chi connectivity index (χ1) is 18.9. The van der Waals surface area contributed by atoms with Gasteiger partial charge in [0.2, 0.25) is 0 Å². The van der Waals surface area contributed by atoms with Crippen LogP contribution in [-0.4, -0.2) is 14.5 Å². The Morgan fingerprint density at radius 3 is 2.45 bits per heavy atom. The van der Waals surface area contributed by atoms with Crippen LogP contribution in [0.1, 0.15) is 111 Å². The van der Waals surface area contributed by atoms with Gasteiger partial charge in [-0.05, 0) is 5.92 Å². The second kappa shape index (κ2) is 12.3. The molecule has 0 N–H and O–H groups in total. The number of fused-ring (bicyclic) bond motifs is 5. The summed E-state index contributed by atoms with van der Waals surface area (Å²) < 4.78 is 36.7. The molecule has 0 saturated heterocycles. The normalized spacial score (nSPS) is 36.6. The molecule has 5 rings (SSSR count). The Kier molecular flexibility index (Phi) is 9.52. The Morgan fingerprint density at radius 2 is 1.73 bits per heavy atom. The van der Waals surface area contributed by atoms with Crippen LogP contribution in [0.3, 0.4) is 0 Å². The van der Waals surface area contributed by atoms with Crippen LogP contribution < -0.4 is 22.0 Å². The van der Waals surface area contributed by atoms with Gasteiger partial charge in [0.1, 0.15) is 0 Å². The van der Waals surface area contributed by atoms with E-state index < -0.39 is 32.2 Å². The van der Waals surface area contributed by atoms with Crippen molar-refractivity contribution in [1.82, 2.24) is 0 Å². The van der Waals surface area contributed by atoms with Crippen LogP contribution in [0.2, 0.25) is 0 Å². The second-order valence-corrected chi connectivity index (χ2v) is 18.1. The number of rotatable bonds is 10. The number of hydrogen-bond donors (Lipinski definition) is 0. The Morgan fingerprint density at radius 1 is 0.975 bits per heavy atom. The summed E-state index contributed by atoms with van der Waals surface area (Å²) in [5.41, 5.74) is 3.40. The average Bonchev–Trinajstić information content (AvgIpc) is 3.26. The molecule has 4 aliphatic rings. The van der Waals surface area contributed by atoms with Crippen LogP contribution in [-0.2, 0) is 15.7 Å². The van der Waals surface area contributed by atoms with Crippen molar-refractivity contribution >= 4 is 10.1 Å². The van der Waals surface area contributed by atoms with E-state index in [1.54, 1.807) is 29.8 Å². The third-order valence-corrected chi connectivity index (χ3v) is 15.7. The van der Waals surface area contributed by atoms with E-state index in [1.165, 1.54) is 51.4 Å². The van der Waals surface area contributed by atoms with E-state index in [2.05, 4.69) is 40.7 Å². The Hall–Kier alpha value is -0.440. The van der Waals surface area contributed by atoms with Crippen molar-refractivity contribution in [3.05, 3.63) is 41.5 Å². The Labute approximate surface area is 255 Å². The van der Waals surface area contributed by atoms with E-state index >= 15 is 0 Å². The molecule has 0 heterocycles. The summed E-state index contributed by atoms with van der Waals surface area (Å²) in [4.78, 5) is 0.210. The van der Waals surface area contributed by atoms with Crippen molar-refractivity contribution in [2.75, 3.05) is 0 Å². The van der Waals surface area contributed by atoms with Crippen molar-refractivity contribution < 1.29 is 36.0 Å². The van der Waals surface area contributed by atoms with Crippen LogP contribution in [0, 0.1) is 53.3 Å². The SMILES string of the molecule is Cc1ccc(S(=O)(=O)O[I-]OC2CC[C@@]3(C)C(=CCC4[C@@H]5CC[C@H]([C@H](C)CCCC(C)C)[C@@]5(C)CC[C@@H]43)C2)cc1. The summed E-state index contributed by atoms with van der Waals surface area (Å²) in [6.45, 7) is 14.4. The predicted molar refractivity (Wildman–Crippen MR) is 157 cm³/mol. The first-order valence-corrected chi connectivity index (χ1v) is 19.1. The van der Waals surface area contributed by atoms with Crippen LogP contribution in [0.15, 0.2) is 40.8 Å². The fourth-order valence-electron chi connectivity index (χ4n) is 9.57.